The summed E-state index contributed by atoms with van der Waals surface area (Å²) in [4.78, 5) is 10.4. The number of allylic oxidation sites excluding steroid dienone is 2. The molecular weight excluding hydrogens is 330 g/mol. The first-order valence-electron chi connectivity index (χ1n) is 7.49. The van der Waals surface area contributed by atoms with Gasteiger partial charge in [0.15, 0.2) is 6.04 Å². The molecule has 1 N–H and O–H groups in total. The number of nitro groups is 1. The van der Waals surface area contributed by atoms with Gasteiger partial charge in [0.25, 0.3) is 0 Å². The topological polar surface area (TPSA) is 88.1 Å². The van der Waals surface area contributed by atoms with Crippen LogP contribution in [0.15, 0.2) is 57.3 Å². The Kier molecular flexibility index (Phi) is 4.92. The molecule has 1 aromatic rings. The lowest BCUT2D eigenvalue weighted by atomic mass is 9.87. The van der Waals surface area contributed by atoms with E-state index in [0.717, 1.165) is 11.6 Å². The monoisotopic (exact) mass is 349 g/mol. The molecule has 128 valence electrons. The third-order valence-corrected chi connectivity index (χ3v) is 4.27. The summed E-state index contributed by atoms with van der Waals surface area (Å²) < 4.78 is 0. The number of nitrogens with zero attached hydrogens (tertiary/aromatic N) is 3. The van der Waals surface area contributed by atoms with Gasteiger partial charge in [0.05, 0.1) is 10.6 Å². The molecule has 2 atom stereocenters. The molecule has 0 aromatic heterocycles. The molecule has 0 heterocycles. The number of benzene rings is 1. The van der Waals surface area contributed by atoms with Gasteiger partial charge in [-0.15, -0.1) is 0 Å². The molecule has 0 aliphatic heterocycles. The summed E-state index contributed by atoms with van der Waals surface area (Å²) in [7, 11) is 0. The Labute approximate surface area is 145 Å². The van der Waals surface area contributed by atoms with E-state index in [0.29, 0.717) is 11.3 Å². The molecular formula is C17H20ClN3O3. The van der Waals surface area contributed by atoms with Crippen LogP contribution in [0.2, 0.25) is 0 Å². The summed E-state index contributed by atoms with van der Waals surface area (Å²) in [6.45, 7) is 7.93. The second-order valence-corrected chi connectivity index (χ2v) is 7.25. The van der Waals surface area contributed by atoms with Crippen molar-refractivity contribution in [3.8, 4) is 0 Å². The second kappa shape index (κ2) is 6.45. The summed E-state index contributed by atoms with van der Waals surface area (Å²) in [5, 5.41) is 29.8. The maximum absolute atomic E-state index is 11.3. The smallest absolute Gasteiger partial charge is 0.325 e. The van der Waals surface area contributed by atoms with Crippen molar-refractivity contribution in [1.29, 1.82) is 0 Å². The van der Waals surface area contributed by atoms with Gasteiger partial charge in [-0.25, -0.2) is 0 Å². The van der Waals surface area contributed by atoms with Crippen LogP contribution in [0.5, 0.6) is 0 Å². The van der Waals surface area contributed by atoms with E-state index in [9.17, 15) is 15.2 Å². The second-order valence-electron chi connectivity index (χ2n) is 6.84. The van der Waals surface area contributed by atoms with Gasteiger partial charge >= 0.3 is 5.72 Å². The fraction of sp³-hybridized carbons (Fsp3) is 0.412. The molecule has 0 fully saturated rings. The van der Waals surface area contributed by atoms with Crippen LogP contribution in [0.4, 0.5) is 5.69 Å². The van der Waals surface area contributed by atoms with E-state index in [4.69, 9.17) is 11.6 Å². The third kappa shape index (κ3) is 3.71. The average Bonchev–Trinajstić information content (AvgIpc) is 2.49. The molecule has 6 nitrogen and oxygen atoms in total. The average molecular weight is 350 g/mol. The predicted molar refractivity (Wildman–Crippen MR) is 93.1 cm³/mol. The predicted octanol–water partition coefficient (Wildman–Crippen LogP) is 4.48. The fourth-order valence-electron chi connectivity index (χ4n) is 2.27. The van der Waals surface area contributed by atoms with E-state index in [1.165, 1.54) is 6.08 Å². The lowest BCUT2D eigenvalue weighted by molar-refractivity contribution is -0.609. The zero-order chi connectivity index (χ0) is 18.1. The zero-order valence-corrected chi connectivity index (χ0v) is 14.8. The Morgan fingerprint density at radius 3 is 2.62 bits per heavy atom. The van der Waals surface area contributed by atoms with Gasteiger partial charge < -0.3 is 5.11 Å². The number of aliphatic hydroxyl groups is 1. The number of hydrogen-bond acceptors (Lipinski definition) is 5. The Morgan fingerprint density at radius 2 is 2.04 bits per heavy atom. The molecule has 7 heteroatoms. The first-order valence-corrected chi connectivity index (χ1v) is 7.87. The summed E-state index contributed by atoms with van der Waals surface area (Å²) in [5.41, 5.74) is -0.205. The maximum atomic E-state index is 11.3. The van der Waals surface area contributed by atoms with Crippen LogP contribution in [-0.4, -0.2) is 21.8 Å². The number of azo groups is 1. The molecule has 1 aliphatic carbocycles. The molecule has 0 spiro atoms. The fourth-order valence-corrected chi connectivity index (χ4v) is 2.49. The molecule has 2 unspecified atom stereocenters. The minimum atomic E-state index is -2.40. The first-order chi connectivity index (χ1) is 11.0. The van der Waals surface area contributed by atoms with Gasteiger partial charge in [-0.05, 0) is 41.7 Å². The number of rotatable bonds is 3. The molecule has 0 saturated carbocycles. The van der Waals surface area contributed by atoms with Gasteiger partial charge in [0.2, 0.25) is 0 Å². The highest BCUT2D eigenvalue weighted by Gasteiger charge is 2.49. The van der Waals surface area contributed by atoms with Gasteiger partial charge in [-0.2, -0.15) is 10.2 Å². The van der Waals surface area contributed by atoms with E-state index in [-0.39, 0.29) is 10.4 Å². The number of halogens is 1. The normalized spacial score (nSPS) is 24.7. The van der Waals surface area contributed by atoms with Crippen molar-refractivity contribution in [2.45, 2.75) is 44.9 Å². The van der Waals surface area contributed by atoms with Crippen LogP contribution >= 0.6 is 11.6 Å². The van der Waals surface area contributed by atoms with E-state index >= 15 is 0 Å². The van der Waals surface area contributed by atoms with E-state index in [2.05, 4.69) is 31.0 Å². The third-order valence-electron chi connectivity index (χ3n) is 3.86. The van der Waals surface area contributed by atoms with Gasteiger partial charge in [0.1, 0.15) is 0 Å². The van der Waals surface area contributed by atoms with Crippen molar-refractivity contribution >= 4 is 17.3 Å². The van der Waals surface area contributed by atoms with Crippen molar-refractivity contribution < 1.29 is 10.0 Å². The van der Waals surface area contributed by atoms with Crippen LogP contribution in [0.1, 0.15) is 33.3 Å². The Balaban J connectivity index is 2.35. The molecule has 0 bridgehead atoms. The summed E-state index contributed by atoms with van der Waals surface area (Å²) in [5.74, 6) is 0. The van der Waals surface area contributed by atoms with Gasteiger partial charge in [-0.3, -0.25) is 10.1 Å². The van der Waals surface area contributed by atoms with E-state index < -0.39 is 16.7 Å². The molecule has 0 radical (unpaired) electrons. The maximum Gasteiger partial charge on any atom is 0.371 e. The highest BCUT2D eigenvalue weighted by Crippen LogP contribution is 2.32. The van der Waals surface area contributed by atoms with E-state index in [1.807, 2.05) is 18.2 Å². The minimum Gasteiger partial charge on any atom is -0.325 e. The molecule has 0 saturated heterocycles. The summed E-state index contributed by atoms with van der Waals surface area (Å²) in [6, 6.07) is 6.32. The minimum absolute atomic E-state index is 0.0509. The standard InChI is InChI=1S/C17H20ClN3O3/c1-11-8-15(17(22,21(23)24)10-14(11)18)20-19-13-7-5-6-12(9-13)16(2,3)4/h5-10,15,22H,1-4H3. The molecule has 0 amide bonds. The van der Waals surface area contributed by atoms with Gasteiger partial charge in [-0.1, -0.05) is 44.5 Å². The molecule has 2 rings (SSSR count). The van der Waals surface area contributed by atoms with E-state index in [1.54, 1.807) is 13.0 Å². The largest absolute Gasteiger partial charge is 0.371 e. The highest BCUT2D eigenvalue weighted by atomic mass is 35.5. The Bertz CT molecular complexity index is 750. The SMILES string of the molecule is CC1=CC(N=Nc2cccc(C(C)(C)C)c2)C(O)([N+](=O)[O-])C=C1Cl. The van der Waals surface area contributed by atoms with Crippen molar-refractivity contribution in [2.24, 2.45) is 10.2 Å². The number of hydrogen-bond donors (Lipinski definition) is 1. The molecule has 1 aromatic carbocycles. The van der Waals surface area contributed by atoms with Gasteiger partial charge in [0, 0.05) is 11.1 Å². The van der Waals surface area contributed by atoms with Crippen molar-refractivity contribution in [1.82, 2.24) is 0 Å². The Hall–Kier alpha value is -2.05. The first kappa shape index (κ1) is 18.3. The van der Waals surface area contributed by atoms with Crippen LogP contribution < -0.4 is 0 Å². The highest BCUT2D eigenvalue weighted by molar-refractivity contribution is 6.32. The summed E-state index contributed by atoms with van der Waals surface area (Å²) >= 11 is 5.91. The van der Waals surface area contributed by atoms with Crippen molar-refractivity contribution in [3.05, 3.63) is 62.7 Å². The molecule has 1 aliphatic rings. The van der Waals surface area contributed by atoms with Crippen LogP contribution in [0.3, 0.4) is 0 Å². The molecule has 24 heavy (non-hydrogen) atoms. The van der Waals surface area contributed by atoms with Crippen molar-refractivity contribution in [2.75, 3.05) is 0 Å². The van der Waals surface area contributed by atoms with Crippen molar-refractivity contribution in [3.63, 3.8) is 0 Å². The lowest BCUT2D eigenvalue weighted by Crippen LogP contribution is -2.47. The van der Waals surface area contributed by atoms with Crippen LogP contribution in [0, 0.1) is 10.1 Å². The summed E-state index contributed by atoms with van der Waals surface area (Å²) in [6.07, 6.45) is 2.45. The van der Waals surface area contributed by atoms with Crippen LogP contribution in [0.25, 0.3) is 0 Å². The lowest BCUT2D eigenvalue weighted by Gasteiger charge is -2.24. The van der Waals surface area contributed by atoms with Crippen LogP contribution in [-0.2, 0) is 5.41 Å². The Morgan fingerprint density at radius 1 is 1.38 bits per heavy atom. The zero-order valence-electron chi connectivity index (χ0n) is 14.0. The quantitative estimate of drug-likeness (QED) is 0.377.